The monoisotopic (exact) mass is 354 g/mol. The van der Waals surface area contributed by atoms with E-state index in [1.807, 2.05) is 11.3 Å². The maximum absolute atomic E-state index is 2.39. The molecule has 0 bridgehead atoms. The summed E-state index contributed by atoms with van der Waals surface area (Å²) in [6.07, 6.45) is 0. The molecular weight excluding hydrogens is 327 g/mol. The maximum atomic E-state index is 2.39. The Morgan fingerprint density at radius 2 is 1.33 bits per heavy atom. The smallest absolute Gasteiger partial charge is 0.0349 e. The molecule has 0 N–H and O–H groups in total. The van der Waals surface area contributed by atoms with Crippen LogP contribution >= 0.6 is 19.3 Å². The Morgan fingerprint density at radius 1 is 0.708 bits per heavy atom. The first-order valence-corrected chi connectivity index (χ1v) is 10.7. The van der Waals surface area contributed by atoms with Gasteiger partial charge in [0.05, 0.1) is 0 Å². The Labute approximate surface area is 151 Å². The van der Waals surface area contributed by atoms with Gasteiger partial charge in [0.2, 0.25) is 0 Å². The fourth-order valence-electron chi connectivity index (χ4n) is 3.61. The molecule has 0 spiro atoms. The van der Waals surface area contributed by atoms with Crippen molar-refractivity contribution in [3.05, 3.63) is 54.6 Å². The summed E-state index contributed by atoms with van der Waals surface area (Å²) in [5, 5.41) is 3.27. The van der Waals surface area contributed by atoms with Gasteiger partial charge in [-0.3, -0.25) is 0 Å². The topological polar surface area (TPSA) is 0 Å². The lowest BCUT2D eigenvalue weighted by molar-refractivity contribution is 0.715. The number of fused-ring (bicyclic) bond motifs is 1. The third kappa shape index (κ3) is 3.58. The van der Waals surface area contributed by atoms with Gasteiger partial charge in [0.1, 0.15) is 0 Å². The van der Waals surface area contributed by atoms with Crippen molar-refractivity contribution < 1.29 is 0 Å². The molecule has 2 heteroatoms. The van der Waals surface area contributed by atoms with Crippen LogP contribution in [0.2, 0.25) is 0 Å². The highest BCUT2D eigenvalue weighted by atomic mass is 32.1. The molecular formula is C22H27PS. The predicted molar refractivity (Wildman–Crippen MR) is 113 cm³/mol. The van der Waals surface area contributed by atoms with Crippen molar-refractivity contribution >= 4 is 34.6 Å². The number of thiophene rings is 1. The second-order valence-electron chi connectivity index (χ2n) is 8.38. The first-order chi connectivity index (χ1) is 11.2. The summed E-state index contributed by atoms with van der Waals surface area (Å²) in [5.74, 6) is 0. The fraction of sp³-hybridized carbons (Fsp3) is 0.364. The van der Waals surface area contributed by atoms with Gasteiger partial charge in [0.25, 0.3) is 0 Å². The zero-order valence-corrected chi connectivity index (χ0v) is 17.3. The molecule has 0 atom stereocenters. The van der Waals surface area contributed by atoms with E-state index >= 15 is 0 Å². The molecule has 0 unspecified atom stereocenters. The second kappa shape index (κ2) is 6.28. The van der Waals surface area contributed by atoms with Crippen LogP contribution in [0, 0.1) is 0 Å². The Morgan fingerprint density at radius 3 is 1.96 bits per heavy atom. The van der Waals surface area contributed by atoms with Crippen LogP contribution in [0.5, 0.6) is 0 Å². The highest BCUT2D eigenvalue weighted by Gasteiger charge is 2.36. The second-order valence-corrected chi connectivity index (χ2v) is 13.6. The third-order valence-electron chi connectivity index (χ3n) is 4.19. The summed E-state index contributed by atoms with van der Waals surface area (Å²) in [6, 6.07) is 20.1. The van der Waals surface area contributed by atoms with Gasteiger partial charge in [-0.25, -0.2) is 0 Å². The molecule has 3 rings (SSSR count). The minimum Gasteiger partial charge on any atom is -0.135 e. The largest absolute Gasteiger partial charge is 0.135 e. The highest BCUT2D eigenvalue weighted by molar-refractivity contribution is 7.74. The van der Waals surface area contributed by atoms with Crippen LogP contribution in [0.3, 0.4) is 0 Å². The van der Waals surface area contributed by atoms with Gasteiger partial charge in [-0.1, -0.05) is 85.9 Å². The molecule has 2 aromatic carbocycles. The minimum absolute atomic E-state index is 0.223. The van der Waals surface area contributed by atoms with Crippen molar-refractivity contribution in [3.8, 4) is 10.4 Å². The van der Waals surface area contributed by atoms with Crippen molar-refractivity contribution in [2.75, 3.05) is 0 Å². The molecule has 0 amide bonds. The van der Waals surface area contributed by atoms with E-state index in [-0.39, 0.29) is 7.92 Å². The maximum Gasteiger partial charge on any atom is 0.0349 e. The molecule has 0 saturated heterocycles. The number of hydrogen-bond donors (Lipinski definition) is 0. The van der Waals surface area contributed by atoms with E-state index in [1.165, 1.54) is 21.2 Å². The molecule has 126 valence electrons. The standard InChI is InChI=1S/C22H27PS/c1-21(2,3)23(22(4,5)6)20-14-13-19(24-20)18-12-11-16-9-7-8-10-17(16)15-18/h7-15H,1-6H3. The van der Waals surface area contributed by atoms with Gasteiger partial charge in [-0.05, 0) is 44.8 Å². The van der Waals surface area contributed by atoms with E-state index in [0.717, 1.165) is 0 Å². The summed E-state index contributed by atoms with van der Waals surface area (Å²) in [6.45, 7) is 14.3. The van der Waals surface area contributed by atoms with Crippen molar-refractivity contribution in [2.45, 2.75) is 51.9 Å². The van der Waals surface area contributed by atoms with Gasteiger partial charge in [-0.2, -0.15) is 0 Å². The van der Waals surface area contributed by atoms with Gasteiger partial charge >= 0.3 is 0 Å². The Bertz CT molecular complexity index is 832. The molecule has 1 aromatic heterocycles. The van der Waals surface area contributed by atoms with Crippen LogP contribution in [0.4, 0.5) is 0 Å². The molecule has 24 heavy (non-hydrogen) atoms. The average molecular weight is 354 g/mol. The number of rotatable bonds is 2. The summed E-state index contributed by atoms with van der Waals surface area (Å²) < 4.78 is 1.56. The van der Waals surface area contributed by atoms with E-state index in [9.17, 15) is 0 Å². The molecule has 0 aliphatic heterocycles. The summed E-state index contributed by atoms with van der Waals surface area (Å²) in [4.78, 5) is 1.39. The summed E-state index contributed by atoms with van der Waals surface area (Å²) in [7, 11) is -0.223. The SMILES string of the molecule is CC(C)(C)P(c1ccc(-c2ccc3ccccc3c2)s1)C(C)(C)C. The van der Waals surface area contributed by atoms with Crippen molar-refractivity contribution in [2.24, 2.45) is 0 Å². The molecule has 0 fully saturated rings. The molecule has 0 radical (unpaired) electrons. The first-order valence-electron chi connectivity index (χ1n) is 8.56. The number of benzene rings is 2. The normalized spacial score (nSPS) is 13.0. The minimum atomic E-state index is -0.223. The zero-order chi connectivity index (χ0) is 17.5. The van der Waals surface area contributed by atoms with Crippen molar-refractivity contribution in [1.82, 2.24) is 0 Å². The van der Waals surface area contributed by atoms with Crippen LogP contribution in [-0.4, -0.2) is 10.3 Å². The van der Waals surface area contributed by atoms with Gasteiger partial charge < -0.3 is 0 Å². The molecule has 3 aromatic rings. The third-order valence-corrected chi connectivity index (χ3v) is 9.22. The zero-order valence-electron chi connectivity index (χ0n) is 15.6. The molecule has 0 saturated carbocycles. The van der Waals surface area contributed by atoms with E-state index in [0.29, 0.717) is 10.3 Å². The summed E-state index contributed by atoms with van der Waals surface area (Å²) in [5.41, 5.74) is 1.34. The van der Waals surface area contributed by atoms with E-state index in [1.54, 1.807) is 4.62 Å². The Balaban J connectivity index is 2.02. The van der Waals surface area contributed by atoms with Crippen LogP contribution in [0.25, 0.3) is 21.2 Å². The lowest BCUT2D eigenvalue weighted by Gasteiger charge is -2.40. The molecule has 1 heterocycles. The molecule has 0 aliphatic rings. The predicted octanol–water partition coefficient (Wildman–Crippen LogP) is 7.27. The average Bonchev–Trinajstić information content (AvgIpc) is 2.92. The van der Waals surface area contributed by atoms with Crippen molar-refractivity contribution in [1.29, 1.82) is 0 Å². The molecule has 0 nitrogen and oxygen atoms in total. The van der Waals surface area contributed by atoms with E-state index < -0.39 is 0 Å². The lowest BCUT2D eigenvalue weighted by Crippen LogP contribution is -2.29. The van der Waals surface area contributed by atoms with Crippen molar-refractivity contribution in [3.63, 3.8) is 0 Å². The van der Waals surface area contributed by atoms with Crippen LogP contribution in [-0.2, 0) is 0 Å². The number of hydrogen-bond acceptors (Lipinski definition) is 1. The van der Waals surface area contributed by atoms with Crippen LogP contribution < -0.4 is 4.62 Å². The first kappa shape index (κ1) is 17.6. The Kier molecular flexibility index (Phi) is 4.62. The van der Waals surface area contributed by atoms with Crippen LogP contribution in [0.1, 0.15) is 41.5 Å². The van der Waals surface area contributed by atoms with E-state index in [2.05, 4.69) is 96.1 Å². The quantitative estimate of drug-likeness (QED) is 0.424. The van der Waals surface area contributed by atoms with Crippen LogP contribution in [0.15, 0.2) is 54.6 Å². The lowest BCUT2D eigenvalue weighted by atomic mass is 10.1. The van der Waals surface area contributed by atoms with Gasteiger partial charge in [0, 0.05) is 9.50 Å². The fourth-order valence-corrected chi connectivity index (χ4v) is 10.2. The molecule has 0 aliphatic carbocycles. The highest BCUT2D eigenvalue weighted by Crippen LogP contribution is 2.59. The van der Waals surface area contributed by atoms with Gasteiger partial charge in [-0.15, -0.1) is 11.3 Å². The van der Waals surface area contributed by atoms with Gasteiger partial charge in [0.15, 0.2) is 0 Å². The summed E-state index contributed by atoms with van der Waals surface area (Å²) >= 11 is 1.99. The van der Waals surface area contributed by atoms with E-state index in [4.69, 9.17) is 0 Å². The Hall–Kier alpha value is -1.17.